The van der Waals surface area contributed by atoms with Gasteiger partial charge in [-0.15, -0.1) is 11.3 Å². The van der Waals surface area contributed by atoms with Crippen molar-refractivity contribution in [2.75, 3.05) is 0 Å². The highest BCUT2D eigenvalue weighted by atomic mass is 32.1. The van der Waals surface area contributed by atoms with E-state index in [4.69, 9.17) is 15.0 Å². The summed E-state index contributed by atoms with van der Waals surface area (Å²) in [4.78, 5) is 15.6. The van der Waals surface area contributed by atoms with Gasteiger partial charge in [0, 0.05) is 47.5 Å². The second-order valence-corrected chi connectivity index (χ2v) is 13.7. The van der Waals surface area contributed by atoms with Gasteiger partial charge in [-0.05, 0) is 42.1 Å². The van der Waals surface area contributed by atoms with Crippen LogP contribution in [0.1, 0.15) is 11.1 Å². The van der Waals surface area contributed by atoms with Crippen LogP contribution in [0.15, 0.2) is 133 Å². The minimum atomic E-state index is 0.610. The first-order valence-corrected chi connectivity index (χ1v) is 17.0. The fourth-order valence-electron chi connectivity index (χ4n) is 7.27. The van der Waals surface area contributed by atoms with Crippen molar-refractivity contribution in [1.82, 2.24) is 19.5 Å². The van der Waals surface area contributed by atoms with Gasteiger partial charge in [0.2, 0.25) is 5.95 Å². The Labute approximate surface area is 280 Å². The number of para-hydroxylation sites is 1. The number of rotatable bonds is 3. The molecular weight excluding hydrogens is 605 g/mol. The molecular formula is C43H28N4S. The molecule has 0 amide bonds. The second kappa shape index (κ2) is 10.3. The molecule has 0 spiro atoms. The van der Waals surface area contributed by atoms with Crippen molar-refractivity contribution >= 4 is 74.9 Å². The van der Waals surface area contributed by atoms with E-state index in [9.17, 15) is 0 Å². The molecule has 0 fully saturated rings. The van der Waals surface area contributed by atoms with Crippen LogP contribution in [0.3, 0.4) is 0 Å². The number of benzene rings is 7. The van der Waals surface area contributed by atoms with Crippen molar-refractivity contribution in [2.45, 2.75) is 13.8 Å². The SMILES string of the molecule is Cc1ccc(-c2nc(-c3ccc(C)cc3)nc(-n3c4ccccc4c4c5ccc6ccccc6c5c5sc6ccccc6c5c43)n2)cc1. The highest BCUT2D eigenvalue weighted by Gasteiger charge is 2.24. The Morgan fingerprint density at radius 2 is 1.08 bits per heavy atom. The molecule has 226 valence electrons. The zero-order chi connectivity index (χ0) is 31.9. The number of hydrogen-bond donors (Lipinski definition) is 0. The molecule has 7 aromatic carbocycles. The number of aromatic nitrogens is 4. The quantitative estimate of drug-likeness (QED) is 0.182. The van der Waals surface area contributed by atoms with Gasteiger partial charge in [-0.2, -0.15) is 9.97 Å². The van der Waals surface area contributed by atoms with E-state index in [0.29, 0.717) is 17.6 Å². The maximum Gasteiger partial charge on any atom is 0.238 e. The van der Waals surface area contributed by atoms with Crippen LogP contribution in [-0.2, 0) is 0 Å². The van der Waals surface area contributed by atoms with Crippen LogP contribution < -0.4 is 0 Å². The van der Waals surface area contributed by atoms with E-state index in [1.807, 2.05) is 11.3 Å². The lowest BCUT2D eigenvalue weighted by molar-refractivity contribution is 0.955. The van der Waals surface area contributed by atoms with Crippen LogP contribution in [0.25, 0.3) is 92.2 Å². The average Bonchev–Trinajstić information content (AvgIpc) is 3.68. The molecule has 0 radical (unpaired) electrons. The Hall–Kier alpha value is -5.91. The van der Waals surface area contributed by atoms with E-state index < -0.39 is 0 Å². The minimum Gasteiger partial charge on any atom is -0.277 e. The van der Waals surface area contributed by atoms with Crippen molar-refractivity contribution in [2.24, 2.45) is 0 Å². The Morgan fingerprint density at radius 1 is 0.479 bits per heavy atom. The van der Waals surface area contributed by atoms with Gasteiger partial charge in [0.1, 0.15) is 0 Å². The zero-order valence-electron chi connectivity index (χ0n) is 26.4. The second-order valence-electron chi connectivity index (χ2n) is 12.6. The summed E-state index contributed by atoms with van der Waals surface area (Å²) in [5.41, 5.74) is 6.51. The summed E-state index contributed by atoms with van der Waals surface area (Å²) < 4.78 is 4.84. The molecule has 4 nitrogen and oxygen atoms in total. The largest absolute Gasteiger partial charge is 0.277 e. The summed E-state index contributed by atoms with van der Waals surface area (Å²) in [6, 6.07) is 47.6. The molecule has 0 N–H and O–H groups in total. The minimum absolute atomic E-state index is 0.610. The molecule has 0 bridgehead atoms. The normalized spacial score (nSPS) is 12.0. The van der Waals surface area contributed by atoms with Crippen LogP contribution in [0.2, 0.25) is 0 Å². The topological polar surface area (TPSA) is 43.6 Å². The van der Waals surface area contributed by atoms with E-state index in [2.05, 4.69) is 152 Å². The predicted molar refractivity (Wildman–Crippen MR) is 202 cm³/mol. The summed E-state index contributed by atoms with van der Waals surface area (Å²) >= 11 is 1.87. The Balaban J connectivity index is 1.42. The van der Waals surface area contributed by atoms with Crippen LogP contribution in [-0.4, -0.2) is 19.5 Å². The third kappa shape index (κ3) is 3.98. The lowest BCUT2D eigenvalue weighted by atomic mass is 9.95. The molecule has 0 saturated carbocycles. The van der Waals surface area contributed by atoms with Gasteiger partial charge in [0.15, 0.2) is 11.6 Å². The predicted octanol–water partition coefficient (Wildman–Crippen LogP) is 11.6. The summed E-state index contributed by atoms with van der Waals surface area (Å²) in [5, 5.41) is 9.94. The molecule has 3 aromatic heterocycles. The fraction of sp³-hybridized carbons (Fsp3) is 0.0465. The van der Waals surface area contributed by atoms with Crippen molar-refractivity contribution in [3.63, 3.8) is 0 Å². The first-order chi connectivity index (χ1) is 23.6. The lowest BCUT2D eigenvalue weighted by Gasteiger charge is -2.13. The fourth-order valence-corrected chi connectivity index (χ4v) is 8.54. The molecule has 0 aliphatic rings. The molecule has 3 heterocycles. The number of fused-ring (bicyclic) bond motifs is 12. The van der Waals surface area contributed by atoms with Gasteiger partial charge < -0.3 is 0 Å². The number of thiophene rings is 1. The molecule has 0 unspecified atom stereocenters. The van der Waals surface area contributed by atoms with E-state index in [-0.39, 0.29) is 0 Å². The molecule has 0 saturated heterocycles. The number of nitrogens with zero attached hydrogens (tertiary/aromatic N) is 4. The smallest absolute Gasteiger partial charge is 0.238 e. The molecule has 48 heavy (non-hydrogen) atoms. The summed E-state index contributed by atoms with van der Waals surface area (Å²) in [7, 11) is 0. The summed E-state index contributed by atoms with van der Waals surface area (Å²) in [6.45, 7) is 4.20. The lowest BCUT2D eigenvalue weighted by Crippen LogP contribution is -2.06. The van der Waals surface area contributed by atoms with E-state index in [1.54, 1.807) is 0 Å². The summed E-state index contributed by atoms with van der Waals surface area (Å²) in [5.74, 6) is 1.92. The van der Waals surface area contributed by atoms with Crippen LogP contribution >= 0.6 is 11.3 Å². The van der Waals surface area contributed by atoms with Gasteiger partial charge in [0.05, 0.1) is 11.0 Å². The number of aryl methyl sites for hydroxylation is 2. The highest BCUT2D eigenvalue weighted by molar-refractivity contribution is 7.27. The van der Waals surface area contributed by atoms with Gasteiger partial charge in [0.25, 0.3) is 0 Å². The van der Waals surface area contributed by atoms with Crippen molar-refractivity contribution in [3.05, 3.63) is 145 Å². The maximum absolute atomic E-state index is 5.26. The Morgan fingerprint density at radius 3 is 1.79 bits per heavy atom. The van der Waals surface area contributed by atoms with Gasteiger partial charge in [-0.1, -0.05) is 132 Å². The molecule has 0 aliphatic carbocycles. The van der Waals surface area contributed by atoms with E-state index >= 15 is 0 Å². The van der Waals surface area contributed by atoms with E-state index in [1.165, 1.54) is 63.6 Å². The van der Waals surface area contributed by atoms with Crippen molar-refractivity contribution < 1.29 is 0 Å². The third-order valence-corrected chi connectivity index (χ3v) is 10.8. The van der Waals surface area contributed by atoms with Crippen LogP contribution in [0.5, 0.6) is 0 Å². The first kappa shape index (κ1) is 27.2. The Kier molecular flexibility index (Phi) is 5.84. The van der Waals surface area contributed by atoms with Crippen LogP contribution in [0, 0.1) is 13.8 Å². The standard InChI is InChI=1S/C43H28N4S/c1-25-15-19-28(20-16-25)41-44-42(29-21-17-26(2)18-22-29)46-43(45-41)47-34-13-7-5-11-31(34)36-33-24-23-27-9-3-4-10-30(27)37(33)40-38(39(36)47)32-12-6-8-14-35(32)48-40/h3-24H,1-2H3. The first-order valence-electron chi connectivity index (χ1n) is 16.2. The molecule has 0 aliphatic heterocycles. The molecule has 0 atom stereocenters. The highest BCUT2D eigenvalue weighted by Crippen LogP contribution is 2.49. The molecule has 5 heteroatoms. The Bertz CT molecular complexity index is 2830. The van der Waals surface area contributed by atoms with Crippen LogP contribution in [0.4, 0.5) is 0 Å². The zero-order valence-corrected chi connectivity index (χ0v) is 27.2. The van der Waals surface area contributed by atoms with Gasteiger partial charge >= 0.3 is 0 Å². The van der Waals surface area contributed by atoms with Gasteiger partial charge in [-0.25, -0.2) is 4.98 Å². The molecule has 10 aromatic rings. The monoisotopic (exact) mass is 632 g/mol. The number of hydrogen-bond acceptors (Lipinski definition) is 4. The van der Waals surface area contributed by atoms with E-state index in [0.717, 1.165) is 22.2 Å². The molecule has 10 rings (SSSR count). The van der Waals surface area contributed by atoms with Gasteiger partial charge in [-0.3, -0.25) is 4.57 Å². The third-order valence-electron chi connectivity index (χ3n) is 9.58. The van der Waals surface area contributed by atoms with Crippen molar-refractivity contribution in [3.8, 4) is 28.7 Å². The maximum atomic E-state index is 5.26. The van der Waals surface area contributed by atoms with Crippen molar-refractivity contribution in [1.29, 1.82) is 0 Å². The summed E-state index contributed by atoms with van der Waals surface area (Å²) in [6.07, 6.45) is 0. The average molecular weight is 633 g/mol.